The molecule has 0 fully saturated rings. The second-order valence-electron chi connectivity index (χ2n) is 3.38. The van der Waals surface area contributed by atoms with Gasteiger partial charge in [-0.25, -0.2) is 8.78 Å². The molecule has 0 aliphatic carbocycles. The molecule has 0 heterocycles. The molecule has 0 aliphatic heterocycles. The lowest BCUT2D eigenvalue weighted by molar-refractivity contribution is 0.148. The van der Waals surface area contributed by atoms with Crippen molar-refractivity contribution in [2.45, 2.75) is 25.7 Å². The van der Waals surface area contributed by atoms with Crippen molar-refractivity contribution < 1.29 is 13.9 Å². The van der Waals surface area contributed by atoms with Gasteiger partial charge >= 0.3 is 0 Å². The zero-order chi connectivity index (χ0) is 10.6. The summed E-state index contributed by atoms with van der Waals surface area (Å²) in [5, 5.41) is 8.96. The summed E-state index contributed by atoms with van der Waals surface area (Å²) in [4.78, 5) is 0. The Labute approximate surface area is 82.4 Å². The van der Waals surface area contributed by atoms with Gasteiger partial charge in [-0.3, -0.25) is 0 Å². The van der Waals surface area contributed by atoms with Crippen molar-refractivity contribution in [3.05, 3.63) is 35.4 Å². The highest BCUT2D eigenvalue weighted by atomic mass is 19.3. The minimum absolute atomic E-state index is 0.0136. The van der Waals surface area contributed by atoms with E-state index in [0.29, 0.717) is 5.56 Å². The minimum Gasteiger partial charge on any atom is -0.396 e. The normalized spacial score (nSPS) is 13.2. The lowest BCUT2D eigenvalue weighted by atomic mass is 9.95. The van der Waals surface area contributed by atoms with Crippen LogP contribution in [0.15, 0.2) is 24.3 Å². The van der Waals surface area contributed by atoms with Crippen LogP contribution in [0.25, 0.3) is 0 Å². The number of halogens is 2. The fourth-order valence-electron chi connectivity index (χ4n) is 1.47. The quantitative estimate of drug-likeness (QED) is 0.792. The summed E-state index contributed by atoms with van der Waals surface area (Å²) in [6.45, 7) is 1.81. The third-order valence-electron chi connectivity index (χ3n) is 2.23. The van der Waals surface area contributed by atoms with Crippen LogP contribution in [0.3, 0.4) is 0 Å². The molecule has 0 radical (unpaired) electrons. The highest BCUT2D eigenvalue weighted by Gasteiger charge is 2.12. The number of aliphatic hydroxyl groups excluding tert-OH is 1. The van der Waals surface area contributed by atoms with E-state index in [-0.39, 0.29) is 18.9 Å². The summed E-state index contributed by atoms with van der Waals surface area (Å²) in [6.07, 6.45) is -2.57. The maximum Gasteiger partial charge on any atom is 0.242 e. The van der Waals surface area contributed by atoms with Gasteiger partial charge in [0.25, 0.3) is 0 Å². The fraction of sp³-hybridized carbons (Fsp3) is 0.455. The van der Waals surface area contributed by atoms with Gasteiger partial charge < -0.3 is 5.11 Å². The Hall–Kier alpha value is -0.960. The molecule has 1 atom stereocenters. The van der Waals surface area contributed by atoms with Crippen molar-refractivity contribution in [1.29, 1.82) is 0 Å². The molecule has 0 spiro atoms. The van der Waals surface area contributed by atoms with Crippen LogP contribution in [0.4, 0.5) is 8.78 Å². The Balaban J connectivity index is 2.91. The molecule has 3 heteroatoms. The van der Waals surface area contributed by atoms with Gasteiger partial charge in [0.1, 0.15) is 0 Å². The molecular weight excluding hydrogens is 186 g/mol. The molecule has 0 aliphatic rings. The zero-order valence-corrected chi connectivity index (χ0v) is 8.08. The summed E-state index contributed by atoms with van der Waals surface area (Å²) < 4.78 is 24.4. The molecule has 0 amide bonds. The van der Waals surface area contributed by atoms with E-state index in [1.807, 2.05) is 6.92 Å². The SMILES string of the molecule is CC(CO)c1ccccc1CC(F)F. The molecule has 0 bridgehead atoms. The number of hydrogen-bond acceptors (Lipinski definition) is 1. The summed E-state index contributed by atoms with van der Waals surface area (Å²) in [5.41, 5.74) is 1.44. The van der Waals surface area contributed by atoms with Crippen molar-refractivity contribution in [2.24, 2.45) is 0 Å². The van der Waals surface area contributed by atoms with E-state index in [1.54, 1.807) is 24.3 Å². The van der Waals surface area contributed by atoms with Gasteiger partial charge in [0.15, 0.2) is 0 Å². The maximum atomic E-state index is 12.2. The average Bonchev–Trinajstić information content (AvgIpc) is 2.16. The monoisotopic (exact) mass is 200 g/mol. The first kappa shape index (κ1) is 11.1. The van der Waals surface area contributed by atoms with Gasteiger partial charge in [-0.05, 0) is 11.1 Å². The minimum atomic E-state index is -2.33. The van der Waals surface area contributed by atoms with Crippen LogP contribution in [0.1, 0.15) is 24.0 Å². The lowest BCUT2D eigenvalue weighted by Crippen LogP contribution is -2.06. The molecule has 1 rings (SSSR count). The van der Waals surface area contributed by atoms with Crippen LogP contribution in [0.2, 0.25) is 0 Å². The first-order chi connectivity index (χ1) is 6.65. The second-order valence-corrected chi connectivity index (χ2v) is 3.38. The molecule has 1 unspecified atom stereocenters. The highest BCUT2D eigenvalue weighted by molar-refractivity contribution is 5.30. The summed E-state index contributed by atoms with van der Waals surface area (Å²) in [5.74, 6) is -0.0788. The number of alkyl halides is 2. The first-order valence-corrected chi connectivity index (χ1v) is 4.62. The Morgan fingerprint density at radius 1 is 1.29 bits per heavy atom. The average molecular weight is 200 g/mol. The summed E-state index contributed by atoms with van der Waals surface area (Å²) >= 11 is 0. The van der Waals surface area contributed by atoms with Gasteiger partial charge in [0.2, 0.25) is 6.43 Å². The van der Waals surface area contributed by atoms with Crippen molar-refractivity contribution in [2.75, 3.05) is 6.61 Å². The van der Waals surface area contributed by atoms with Crippen LogP contribution in [0.5, 0.6) is 0 Å². The Kier molecular flexibility index (Phi) is 4.01. The smallest absolute Gasteiger partial charge is 0.242 e. The predicted molar refractivity (Wildman–Crippen MR) is 51.7 cm³/mol. The van der Waals surface area contributed by atoms with Crippen LogP contribution in [0, 0.1) is 0 Å². The first-order valence-electron chi connectivity index (χ1n) is 4.62. The summed E-state index contributed by atoms with van der Waals surface area (Å²) in [7, 11) is 0. The summed E-state index contributed by atoms with van der Waals surface area (Å²) in [6, 6.07) is 7.02. The third kappa shape index (κ3) is 2.77. The van der Waals surface area contributed by atoms with E-state index in [0.717, 1.165) is 5.56 Å². The second kappa shape index (κ2) is 5.05. The molecular formula is C11H14F2O. The molecule has 14 heavy (non-hydrogen) atoms. The molecule has 78 valence electrons. The lowest BCUT2D eigenvalue weighted by Gasteiger charge is -2.13. The number of rotatable bonds is 4. The van der Waals surface area contributed by atoms with Crippen LogP contribution >= 0.6 is 0 Å². The largest absolute Gasteiger partial charge is 0.396 e. The number of benzene rings is 1. The van der Waals surface area contributed by atoms with Gasteiger partial charge in [0, 0.05) is 18.9 Å². The molecule has 0 aromatic heterocycles. The Morgan fingerprint density at radius 3 is 2.50 bits per heavy atom. The van der Waals surface area contributed by atoms with Gasteiger partial charge in [-0.1, -0.05) is 31.2 Å². The fourth-order valence-corrected chi connectivity index (χ4v) is 1.47. The molecule has 0 saturated carbocycles. The molecule has 1 aromatic rings. The molecule has 1 nitrogen and oxygen atoms in total. The van der Waals surface area contributed by atoms with Gasteiger partial charge in [0.05, 0.1) is 0 Å². The van der Waals surface area contributed by atoms with Crippen molar-refractivity contribution in [3.63, 3.8) is 0 Å². The van der Waals surface area contributed by atoms with Crippen LogP contribution in [-0.4, -0.2) is 18.1 Å². The van der Waals surface area contributed by atoms with Crippen molar-refractivity contribution in [1.82, 2.24) is 0 Å². The third-order valence-corrected chi connectivity index (χ3v) is 2.23. The van der Waals surface area contributed by atoms with E-state index >= 15 is 0 Å². The zero-order valence-electron chi connectivity index (χ0n) is 8.08. The standard InChI is InChI=1S/C11H14F2O/c1-8(7-14)10-5-3-2-4-9(10)6-11(12)13/h2-5,8,11,14H,6-7H2,1H3. The van der Waals surface area contributed by atoms with E-state index in [2.05, 4.69) is 0 Å². The van der Waals surface area contributed by atoms with Crippen LogP contribution in [-0.2, 0) is 6.42 Å². The predicted octanol–water partition coefficient (Wildman–Crippen LogP) is 2.59. The molecule has 0 saturated heterocycles. The highest BCUT2D eigenvalue weighted by Crippen LogP contribution is 2.21. The van der Waals surface area contributed by atoms with Gasteiger partial charge in [-0.2, -0.15) is 0 Å². The Morgan fingerprint density at radius 2 is 1.93 bits per heavy atom. The topological polar surface area (TPSA) is 20.2 Å². The van der Waals surface area contributed by atoms with Crippen LogP contribution < -0.4 is 0 Å². The molecule has 1 N–H and O–H groups in total. The van der Waals surface area contributed by atoms with E-state index in [9.17, 15) is 8.78 Å². The Bertz CT molecular complexity index is 286. The molecule has 1 aromatic carbocycles. The van der Waals surface area contributed by atoms with E-state index in [1.165, 1.54) is 0 Å². The van der Waals surface area contributed by atoms with E-state index in [4.69, 9.17) is 5.11 Å². The van der Waals surface area contributed by atoms with Crippen molar-refractivity contribution >= 4 is 0 Å². The van der Waals surface area contributed by atoms with E-state index < -0.39 is 6.43 Å². The van der Waals surface area contributed by atoms with Gasteiger partial charge in [-0.15, -0.1) is 0 Å². The number of hydrogen-bond donors (Lipinski definition) is 1. The maximum absolute atomic E-state index is 12.2. The number of aliphatic hydroxyl groups is 1. The van der Waals surface area contributed by atoms with Crippen molar-refractivity contribution in [3.8, 4) is 0 Å².